The standard InChI is InChI=1S/C9H13N5O/c1-11-9-12-4-2-7(13-9)14-5-3-6(14)8(10)15/h2,4,6H,3,5H2,1H3,(H2,10,15)(H,11,12,13). The van der Waals surface area contributed by atoms with Crippen LogP contribution in [0.25, 0.3) is 0 Å². The van der Waals surface area contributed by atoms with Crippen molar-refractivity contribution >= 4 is 17.7 Å². The number of nitrogens with one attached hydrogen (secondary N) is 1. The molecule has 0 radical (unpaired) electrons. The van der Waals surface area contributed by atoms with Gasteiger partial charge in [0.1, 0.15) is 11.9 Å². The Balaban J connectivity index is 2.19. The maximum absolute atomic E-state index is 11.0. The lowest BCUT2D eigenvalue weighted by molar-refractivity contribution is -0.120. The highest BCUT2D eigenvalue weighted by Crippen LogP contribution is 2.24. The molecule has 2 heterocycles. The lowest BCUT2D eigenvalue weighted by atomic mass is 10.0. The van der Waals surface area contributed by atoms with Gasteiger partial charge in [0.2, 0.25) is 11.9 Å². The maximum atomic E-state index is 11.0. The molecule has 80 valence electrons. The summed E-state index contributed by atoms with van der Waals surface area (Å²) in [5.74, 6) is 0.984. The Morgan fingerprint density at radius 2 is 2.53 bits per heavy atom. The van der Waals surface area contributed by atoms with Gasteiger partial charge in [-0.25, -0.2) is 4.98 Å². The van der Waals surface area contributed by atoms with Crippen LogP contribution in [-0.2, 0) is 4.79 Å². The van der Waals surface area contributed by atoms with E-state index in [1.54, 1.807) is 19.3 Å². The second-order valence-corrected chi connectivity index (χ2v) is 3.39. The van der Waals surface area contributed by atoms with Crippen molar-refractivity contribution in [3.63, 3.8) is 0 Å². The maximum Gasteiger partial charge on any atom is 0.240 e. The van der Waals surface area contributed by atoms with Crippen molar-refractivity contribution in [1.82, 2.24) is 9.97 Å². The molecule has 1 aromatic rings. The first-order chi connectivity index (χ1) is 7.22. The number of primary amides is 1. The number of hydrogen-bond donors (Lipinski definition) is 2. The molecule has 6 heteroatoms. The smallest absolute Gasteiger partial charge is 0.240 e. The molecule has 2 rings (SSSR count). The predicted molar refractivity (Wildman–Crippen MR) is 56.5 cm³/mol. The van der Waals surface area contributed by atoms with E-state index in [0.717, 1.165) is 18.8 Å². The van der Waals surface area contributed by atoms with E-state index in [2.05, 4.69) is 15.3 Å². The molecule has 0 saturated carbocycles. The van der Waals surface area contributed by atoms with Gasteiger partial charge in [0.25, 0.3) is 0 Å². The molecular weight excluding hydrogens is 194 g/mol. The molecule has 1 unspecified atom stereocenters. The molecule has 0 spiro atoms. The summed E-state index contributed by atoms with van der Waals surface area (Å²) >= 11 is 0. The van der Waals surface area contributed by atoms with Gasteiger partial charge in [0, 0.05) is 19.8 Å². The van der Waals surface area contributed by atoms with Crippen LogP contribution in [0.3, 0.4) is 0 Å². The van der Waals surface area contributed by atoms with E-state index in [4.69, 9.17) is 5.73 Å². The second-order valence-electron chi connectivity index (χ2n) is 3.39. The van der Waals surface area contributed by atoms with Crippen molar-refractivity contribution in [3.05, 3.63) is 12.3 Å². The molecule has 1 aromatic heterocycles. The summed E-state index contributed by atoms with van der Waals surface area (Å²) in [7, 11) is 1.75. The SMILES string of the molecule is CNc1nccc(N2CCC2C(N)=O)n1. The van der Waals surface area contributed by atoms with Gasteiger partial charge < -0.3 is 16.0 Å². The molecule has 1 amide bonds. The largest absolute Gasteiger partial charge is 0.368 e. The first-order valence-electron chi connectivity index (χ1n) is 4.79. The van der Waals surface area contributed by atoms with E-state index in [1.165, 1.54) is 0 Å². The highest BCUT2D eigenvalue weighted by molar-refractivity contribution is 5.85. The van der Waals surface area contributed by atoms with Gasteiger partial charge in [-0.2, -0.15) is 4.98 Å². The molecule has 0 aliphatic carbocycles. The summed E-state index contributed by atoms with van der Waals surface area (Å²) in [4.78, 5) is 21.2. The second kappa shape index (κ2) is 3.72. The Morgan fingerprint density at radius 3 is 3.07 bits per heavy atom. The lowest BCUT2D eigenvalue weighted by Crippen LogP contribution is -2.55. The van der Waals surface area contributed by atoms with Crippen molar-refractivity contribution in [2.75, 3.05) is 23.8 Å². The van der Waals surface area contributed by atoms with Crippen molar-refractivity contribution in [2.45, 2.75) is 12.5 Å². The van der Waals surface area contributed by atoms with Gasteiger partial charge in [-0.3, -0.25) is 4.79 Å². The minimum Gasteiger partial charge on any atom is -0.368 e. The molecule has 0 bridgehead atoms. The summed E-state index contributed by atoms with van der Waals surface area (Å²) < 4.78 is 0. The fourth-order valence-corrected chi connectivity index (χ4v) is 1.59. The molecule has 1 aliphatic heterocycles. The van der Waals surface area contributed by atoms with E-state index in [1.807, 2.05) is 4.90 Å². The number of carbonyl (C=O) groups excluding carboxylic acids is 1. The van der Waals surface area contributed by atoms with Crippen LogP contribution in [0.4, 0.5) is 11.8 Å². The number of nitrogens with zero attached hydrogens (tertiary/aromatic N) is 3. The normalized spacial score (nSPS) is 19.5. The molecule has 6 nitrogen and oxygen atoms in total. The van der Waals surface area contributed by atoms with E-state index in [9.17, 15) is 4.79 Å². The molecular formula is C9H13N5O. The lowest BCUT2D eigenvalue weighted by Gasteiger charge is -2.39. The first kappa shape index (κ1) is 9.70. The minimum atomic E-state index is -0.300. The minimum absolute atomic E-state index is 0.218. The Kier molecular flexibility index (Phi) is 2.40. The molecule has 3 N–H and O–H groups in total. The van der Waals surface area contributed by atoms with Crippen molar-refractivity contribution in [3.8, 4) is 0 Å². The average Bonchev–Trinajstić information content (AvgIpc) is 2.15. The van der Waals surface area contributed by atoms with E-state index < -0.39 is 0 Å². The summed E-state index contributed by atoms with van der Waals surface area (Å²) in [5, 5.41) is 2.85. The van der Waals surface area contributed by atoms with Crippen molar-refractivity contribution in [1.29, 1.82) is 0 Å². The van der Waals surface area contributed by atoms with Crippen LogP contribution >= 0.6 is 0 Å². The van der Waals surface area contributed by atoms with Crippen LogP contribution in [-0.4, -0.2) is 35.5 Å². The van der Waals surface area contributed by atoms with Gasteiger partial charge in [-0.05, 0) is 12.5 Å². The Morgan fingerprint density at radius 1 is 1.73 bits per heavy atom. The molecule has 1 saturated heterocycles. The topological polar surface area (TPSA) is 84.1 Å². The van der Waals surface area contributed by atoms with Crippen LogP contribution in [0.5, 0.6) is 0 Å². The van der Waals surface area contributed by atoms with Crippen LogP contribution in [0, 0.1) is 0 Å². The van der Waals surface area contributed by atoms with Gasteiger partial charge in [-0.1, -0.05) is 0 Å². The van der Waals surface area contributed by atoms with Crippen LogP contribution in [0.1, 0.15) is 6.42 Å². The fraction of sp³-hybridized carbons (Fsp3) is 0.444. The van der Waals surface area contributed by atoms with Crippen molar-refractivity contribution < 1.29 is 4.79 Å². The number of anilines is 2. The predicted octanol–water partition coefficient (Wildman–Crippen LogP) is -0.418. The summed E-state index contributed by atoms with van der Waals surface area (Å²) in [6.45, 7) is 0.813. The van der Waals surface area contributed by atoms with E-state index in [0.29, 0.717) is 5.95 Å². The zero-order valence-electron chi connectivity index (χ0n) is 8.47. The number of hydrogen-bond acceptors (Lipinski definition) is 5. The number of nitrogens with two attached hydrogens (primary N) is 1. The molecule has 1 atom stereocenters. The summed E-state index contributed by atoms with van der Waals surface area (Å²) in [5.41, 5.74) is 5.26. The zero-order valence-corrected chi connectivity index (χ0v) is 8.47. The van der Waals surface area contributed by atoms with E-state index in [-0.39, 0.29) is 11.9 Å². The van der Waals surface area contributed by atoms with Crippen LogP contribution < -0.4 is 16.0 Å². The summed E-state index contributed by atoms with van der Waals surface area (Å²) in [6, 6.07) is 1.56. The van der Waals surface area contributed by atoms with Crippen molar-refractivity contribution in [2.24, 2.45) is 5.73 Å². The summed E-state index contributed by atoms with van der Waals surface area (Å²) in [6.07, 6.45) is 2.46. The van der Waals surface area contributed by atoms with Crippen LogP contribution in [0.2, 0.25) is 0 Å². The third-order valence-corrected chi connectivity index (χ3v) is 2.51. The molecule has 1 fully saturated rings. The van der Waals surface area contributed by atoms with Gasteiger partial charge in [0.15, 0.2) is 0 Å². The number of aromatic nitrogens is 2. The highest BCUT2D eigenvalue weighted by Gasteiger charge is 2.33. The quantitative estimate of drug-likeness (QED) is 0.703. The Bertz CT molecular complexity index is 381. The Hall–Kier alpha value is -1.85. The van der Waals surface area contributed by atoms with Crippen LogP contribution in [0.15, 0.2) is 12.3 Å². The molecule has 0 aromatic carbocycles. The average molecular weight is 207 g/mol. The third kappa shape index (κ3) is 1.70. The first-order valence-corrected chi connectivity index (χ1v) is 4.79. The fourth-order valence-electron chi connectivity index (χ4n) is 1.59. The monoisotopic (exact) mass is 207 g/mol. The van der Waals surface area contributed by atoms with E-state index >= 15 is 0 Å². The van der Waals surface area contributed by atoms with Gasteiger partial charge in [0.05, 0.1) is 0 Å². The van der Waals surface area contributed by atoms with Gasteiger partial charge >= 0.3 is 0 Å². The zero-order chi connectivity index (χ0) is 10.8. The number of carbonyl (C=O) groups is 1. The Labute approximate surface area is 87.5 Å². The molecule has 1 aliphatic rings. The number of rotatable bonds is 3. The highest BCUT2D eigenvalue weighted by atomic mass is 16.1. The van der Waals surface area contributed by atoms with Gasteiger partial charge in [-0.15, -0.1) is 0 Å². The molecule has 15 heavy (non-hydrogen) atoms. The third-order valence-electron chi connectivity index (χ3n) is 2.51. The number of amides is 1.